The second kappa shape index (κ2) is 7.49. The molecule has 1 heterocycles. The summed E-state index contributed by atoms with van der Waals surface area (Å²) in [5, 5.41) is 7.53. The van der Waals surface area contributed by atoms with Gasteiger partial charge in [0.05, 0.1) is 0 Å². The highest BCUT2D eigenvalue weighted by Gasteiger charge is 2.35. The number of benzene rings is 2. The van der Waals surface area contributed by atoms with Crippen LogP contribution in [-0.4, -0.2) is 16.1 Å². The van der Waals surface area contributed by atoms with Gasteiger partial charge in [-0.15, -0.1) is 10.2 Å². The molecular formula is C18H12F3N3OS. The molecule has 0 fully saturated rings. The van der Waals surface area contributed by atoms with E-state index in [4.69, 9.17) is 0 Å². The van der Waals surface area contributed by atoms with Gasteiger partial charge >= 0.3 is 6.18 Å². The second-order valence-corrected chi connectivity index (χ2v) is 6.18. The van der Waals surface area contributed by atoms with Crippen molar-refractivity contribution < 1.29 is 18.0 Å². The molecule has 8 heteroatoms. The molecule has 132 valence electrons. The lowest BCUT2D eigenvalue weighted by molar-refractivity contribution is -0.138. The van der Waals surface area contributed by atoms with Crippen LogP contribution in [-0.2, 0) is 11.0 Å². The first-order chi connectivity index (χ1) is 12.4. The van der Waals surface area contributed by atoms with Gasteiger partial charge in [0, 0.05) is 5.57 Å². The molecule has 0 aliphatic rings. The summed E-state index contributed by atoms with van der Waals surface area (Å²) in [5.41, 5.74) is 1.73. The SMILES string of the molecule is O=C(Nc1nnc(C(F)(F)F)s1)/C(=C\c1ccccc1)c1ccccc1. The summed E-state index contributed by atoms with van der Waals surface area (Å²) in [5.74, 6) is -0.565. The number of anilines is 1. The van der Waals surface area contributed by atoms with Gasteiger partial charge in [0.25, 0.3) is 5.91 Å². The van der Waals surface area contributed by atoms with Crippen LogP contribution < -0.4 is 5.32 Å². The van der Waals surface area contributed by atoms with Crippen LogP contribution in [0.15, 0.2) is 60.7 Å². The van der Waals surface area contributed by atoms with Crippen molar-refractivity contribution in [1.82, 2.24) is 10.2 Å². The van der Waals surface area contributed by atoms with Crippen LogP contribution in [0.25, 0.3) is 11.6 Å². The zero-order chi connectivity index (χ0) is 18.6. The van der Waals surface area contributed by atoms with Gasteiger partial charge in [-0.05, 0) is 17.2 Å². The quantitative estimate of drug-likeness (QED) is 0.530. The average Bonchev–Trinajstić information content (AvgIpc) is 3.10. The molecule has 3 rings (SSSR count). The molecule has 1 amide bonds. The van der Waals surface area contributed by atoms with Crippen molar-refractivity contribution in [3.05, 3.63) is 76.8 Å². The highest BCUT2D eigenvalue weighted by molar-refractivity contribution is 7.15. The van der Waals surface area contributed by atoms with E-state index in [0.29, 0.717) is 11.1 Å². The molecule has 1 N–H and O–H groups in total. The summed E-state index contributed by atoms with van der Waals surface area (Å²) in [6.45, 7) is 0. The Morgan fingerprint density at radius 2 is 1.58 bits per heavy atom. The number of carbonyl (C=O) groups excluding carboxylic acids is 1. The maximum atomic E-state index is 12.7. The first kappa shape index (κ1) is 17.8. The number of rotatable bonds is 4. The fraction of sp³-hybridized carbons (Fsp3) is 0.0556. The normalized spacial score (nSPS) is 12.0. The van der Waals surface area contributed by atoms with Crippen LogP contribution in [0.4, 0.5) is 18.3 Å². The van der Waals surface area contributed by atoms with E-state index >= 15 is 0 Å². The van der Waals surface area contributed by atoms with Gasteiger partial charge in [-0.1, -0.05) is 72.0 Å². The molecule has 0 radical (unpaired) electrons. The smallest absolute Gasteiger partial charge is 0.296 e. The van der Waals surface area contributed by atoms with E-state index in [1.54, 1.807) is 30.3 Å². The van der Waals surface area contributed by atoms with Crippen LogP contribution in [0.1, 0.15) is 16.1 Å². The third-order valence-electron chi connectivity index (χ3n) is 3.33. The van der Waals surface area contributed by atoms with Gasteiger partial charge < -0.3 is 0 Å². The maximum Gasteiger partial charge on any atom is 0.445 e. The predicted molar refractivity (Wildman–Crippen MR) is 94.3 cm³/mol. The molecule has 0 aliphatic carbocycles. The van der Waals surface area contributed by atoms with Crippen LogP contribution in [0.5, 0.6) is 0 Å². The van der Waals surface area contributed by atoms with Crippen molar-refractivity contribution in [2.75, 3.05) is 5.32 Å². The Morgan fingerprint density at radius 1 is 0.962 bits per heavy atom. The van der Waals surface area contributed by atoms with E-state index < -0.39 is 17.1 Å². The van der Waals surface area contributed by atoms with Crippen molar-refractivity contribution in [3.8, 4) is 0 Å². The van der Waals surface area contributed by atoms with Crippen molar-refractivity contribution in [2.24, 2.45) is 0 Å². The highest BCUT2D eigenvalue weighted by atomic mass is 32.1. The van der Waals surface area contributed by atoms with Crippen LogP contribution in [0.3, 0.4) is 0 Å². The molecule has 3 aromatic rings. The van der Waals surface area contributed by atoms with Crippen molar-refractivity contribution in [1.29, 1.82) is 0 Å². The Labute approximate surface area is 151 Å². The largest absolute Gasteiger partial charge is 0.445 e. The van der Waals surface area contributed by atoms with E-state index in [-0.39, 0.29) is 16.5 Å². The third-order valence-corrected chi connectivity index (χ3v) is 4.21. The van der Waals surface area contributed by atoms with E-state index in [1.807, 2.05) is 36.4 Å². The van der Waals surface area contributed by atoms with Gasteiger partial charge in [-0.3, -0.25) is 10.1 Å². The standard InChI is InChI=1S/C18H12F3N3OS/c19-18(20,21)16-23-24-17(26-16)22-15(25)14(13-9-5-2-6-10-13)11-12-7-3-1-4-8-12/h1-11H,(H,22,24,25)/b14-11-. The molecule has 0 saturated heterocycles. The summed E-state index contributed by atoms with van der Waals surface area (Å²) in [6.07, 6.45) is -2.93. The molecule has 0 atom stereocenters. The number of aromatic nitrogens is 2. The average molecular weight is 375 g/mol. The van der Waals surface area contributed by atoms with Crippen LogP contribution in [0, 0.1) is 0 Å². The number of amides is 1. The van der Waals surface area contributed by atoms with Crippen LogP contribution in [0.2, 0.25) is 0 Å². The number of hydrogen-bond donors (Lipinski definition) is 1. The zero-order valence-corrected chi connectivity index (χ0v) is 14.0. The Balaban J connectivity index is 1.91. The van der Waals surface area contributed by atoms with Crippen molar-refractivity contribution in [2.45, 2.75) is 6.18 Å². The molecule has 0 saturated carbocycles. The van der Waals surface area contributed by atoms with E-state index in [1.165, 1.54) is 0 Å². The van der Waals surface area contributed by atoms with E-state index in [0.717, 1.165) is 5.56 Å². The number of nitrogens with one attached hydrogen (secondary N) is 1. The van der Waals surface area contributed by atoms with Crippen LogP contribution >= 0.6 is 11.3 Å². The van der Waals surface area contributed by atoms with Crippen molar-refractivity contribution in [3.63, 3.8) is 0 Å². The lowest BCUT2D eigenvalue weighted by Gasteiger charge is -2.08. The summed E-state index contributed by atoms with van der Waals surface area (Å²) < 4.78 is 37.9. The molecule has 26 heavy (non-hydrogen) atoms. The lowest BCUT2D eigenvalue weighted by Crippen LogP contribution is -2.13. The minimum Gasteiger partial charge on any atom is -0.296 e. The molecule has 1 aromatic heterocycles. The number of halogens is 3. The Bertz CT molecular complexity index is 922. The third kappa shape index (κ3) is 4.34. The van der Waals surface area contributed by atoms with E-state index in [9.17, 15) is 18.0 Å². The number of alkyl halides is 3. The van der Waals surface area contributed by atoms with Gasteiger partial charge in [-0.25, -0.2) is 0 Å². The lowest BCUT2D eigenvalue weighted by atomic mass is 10.0. The zero-order valence-electron chi connectivity index (χ0n) is 13.2. The second-order valence-electron chi connectivity index (χ2n) is 5.20. The summed E-state index contributed by atoms with van der Waals surface area (Å²) in [4.78, 5) is 12.7. The molecule has 0 bridgehead atoms. The topological polar surface area (TPSA) is 54.9 Å². The number of hydrogen-bond acceptors (Lipinski definition) is 4. The van der Waals surface area contributed by atoms with Gasteiger partial charge in [0.1, 0.15) is 0 Å². The Kier molecular flexibility index (Phi) is 5.13. The first-order valence-corrected chi connectivity index (χ1v) is 8.29. The van der Waals surface area contributed by atoms with Crippen molar-refractivity contribution >= 4 is 34.0 Å². The minimum absolute atomic E-state index is 0.211. The fourth-order valence-electron chi connectivity index (χ4n) is 2.17. The first-order valence-electron chi connectivity index (χ1n) is 7.48. The highest BCUT2D eigenvalue weighted by Crippen LogP contribution is 2.33. The Morgan fingerprint density at radius 3 is 2.15 bits per heavy atom. The molecule has 0 unspecified atom stereocenters. The van der Waals surface area contributed by atoms with Gasteiger partial charge in [-0.2, -0.15) is 13.2 Å². The summed E-state index contributed by atoms with van der Waals surface area (Å²) in [7, 11) is 0. The molecule has 4 nitrogen and oxygen atoms in total. The molecule has 2 aromatic carbocycles. The summed E-state index contributed by atoms with van der Waals surface area (Å²) >= 11 is 0.281. The number of nitrogens with zero attached hydrogens (tertiary/aromatic N) is 2. The maximum absolute atomic E-state index is 12.7. The summed E-state index contributed by atoms with van der Waals surface area (Å²) in [6, 6.07) is 18.0. The molecular weight excluding hydrogens is 363 g/mol. The minimum atomic E-state index is -4.59. The Hall–Kier alpha value is -3.00. The molecule has 0 aliphatic heterocycles. The monoisotopic (exact) mass is 375 g/mol. The van der Waals surface area contributed by atoms with Gasteiger partial charge in [0.2, 0.25) is 10.1 Å². The fourth-order valence-corrected chi connectivity index (χ4v) is 2.77. The predicted octanol–water partition coefficient (Wildman–Crippen LogP) is 4.74. The molecule has 0 spiro atoms. The van der Waals surface area contributed by atoms with Gasteiger partial charge in [0.15, 0.2) is 0 Å². The number of carbonyl (C=O) groups is 1. The van der Waals surface area contributed by atoms with E-state index in [2.05, 4.69) is 15.5 Å².